The Labute approximate surface area is 473 Å². The molecule has 0 unspecified atom stereocenters. The van der Waals surface area contributed by atoms with Gasteiger partial charge in [0, 0.05) is 55.5 Å². The minimum Gasteiger partial charge on any atom is -0.510 e. The molecule has 0 saturated carbocycles. The Hall–Kier alpha value is -6.88. The van der Waals surface area contributed by atoms with Crippen LogP contribution in [0, 0.1) is 18.5 Å². The number of ether oxygens (including phenoxy) is 1. The predicted molar refractivity (Wildman–Crippen MR) is 310 cm³/mol. The van der Waals surface area contributed by atoms with E-state index in [1.807, 2.05) is 59.3 Å². The van der Waals surface area contributed by atoms with Gasteiger partial charge in [-0.3, -0.25) is 0 Å². The number of nitrogens with zero attached hydrogens (tertiary/aromatic N) is 5. The van der Waals surface area contributed by atoms with Gasteiger partial charge >= 0.3 is 0 Å². The molecule has 0 radical (unpaired) electrons. The average Bonchev–Trinajstić information content (AvgIpc) is 4.20. The van der Waals surface area contributed by atoms with E-state index >= 15 is 0 Å². The van der Waals surface area contributed by atoms with Crippen LogP contribution in [0.25, 0.3) is 72.6 Å². The minimum absolute atomic E-state index is 0. The second-order valence-electron chi connectivity index (χ2n) is 25.1. The summed E-state index contributed by atoms with van der Waals surface area (Å²) in [6.45, 7) is 32.8. The fourth-order valence-electron chi connectivity index (χ4n) is 9.56. The van der Waals surface area contributed by atoms with Crippen molar-refractivity contribution in [3.8, 4) is 62.3 Å². The number of aromatic nitrogens is 5. The maximum Gasteiger partial charge on any atom is 0.231 e. The summed E-state index contributed by atoms with van der Waals surface area (Å²) in [6.07, 6.45) is 5.55. The van der Waals surface area contributed by atoms with Crippen LogP contribution in [0.5, 0.6) is 11.5 Å². The van der Waals surface area contributed by atoms with Gasteiger partial charge in [0.05, 0.1) is 6.85 Å². The summed E-state index contributed by atoms with van der Waals surface area (Å²) in [4.78, 5) is 4.89. The molecule has 76 heavy (non-hydrogen) atoms. The van der Waals surface area contributed by atoms with E-state index in [1.165, 1.54) is 5.56 Å². The van der Waals surface area contributed by atoms with E-state index in [4.69, 9.17) is 18.9 Å². The molecule has 0 aliphatic carbocycles. The van der Waals surface area contributed by atoms with E-state index in [9.17, 15) is 2.74 Å². The van der Waals surface area contributed by atoms with E-state index in [0.717, 1.165) is 66.6 Å². The Bertz CT molecular complexity index is 4020. The molecule has 7 heteroatoms. The van der Waals surface area contributed by atoms with Crippen molar-refractivity contribution in [1.29, 1.82) is 0 Å². The molecule has 0 saturated heterocycles. The third kappa shape index (κ3) is 10.8. The number of pyridine rings is 1. The van der Waals surface area contributed by atoms with Gasteiger partial charge in [0.25, 0.3) is 0 Å². The zero-order valence-electron chi connectivity index (χ0n) is 51.6. The van der Waals surface area contributed by atoms with Crippen LogP contribution in [0.2, 0.25) is 0 Å². The van der Waals surface area contributed by atoms with E-state index in [2.05, 4.69) is 200 Å². The molecule has 0 spiro atoms. The Balaban J connectivity index is 0.00000792. The minimum atomic E-state index is -0.462. The molecule has 0 N–H and O–H groups in total. The van der Waals surface area contributed by atoms with Crippen molar-refractivity contribution in [2.75, 3.05) is 0 Å². The number of rotatable bonds is 8. The maximum absolute atomic E-state index is 9.41. The molecule has 7 aromatic carbocycles. The topological polar surface area (TPSA) is 48.8 Å². The van der Waals surface area contributed by atoms with Gasteiger partial charge in [-0.15, -0.1) is 29.7 Å². The van der Waals surface area contributed by atoms with Crippen LogP contribution in [0.1, 0.15) is 139 Å². The average molecular weight is 1190 g/mol. The smallest absolute Gasteiger partial charge is 0.231 e. The molecule has 10 aromatic rings. The number of para-hydroxylation sites is 2. The maximum atomic E-state index is 9.41. The Morgan fingerprint density at radius 3 is 1.76 bits per heavy atom. The van der Waals surface area contributed by atoms with Gasteiger partial charge in [-0.1, -0.05) is 218 Å². The third-order valence-electron chi connectivity index (χ3n) is 14.1. The van der Waals surface area contributed by atoms with Gasteiger partial charge in [-0.05, 0) is 106 Å². The molecule has 0 aliphatic rings. The standard InChI is InChI=1S/C69H71N5O.Pt/c1-65(2,3)48-26-21-25-46(35-48)64-71-73(44-72(64)63-56(45-23-17-16-18-24-45)28-22-29-57(63)47-36-50(67(7,8)9)38-51(37-47)68(10,11)12)53-39-52(69(13,14)15)40-55(42-53)75-54-31-32-59-58-27-19-20-30-60(58)74(61(59)43-54)62-41-49(33-34-70-62)66(4,5)6;/h16-41H,1-15H3;/q-2;/i16D,17D,18D,23D,24D;. The van der Waals surface area contributed by atoms with E-state index in [1.54, 1.807) is 4.68 Å². The van der Waals surface area contributed by atoms with Crippen molar-refractivity contribution >= 4 is 21.8 Å². The van der Waals surface area contributed by atoms with Crippen molar-refractivity contribution in [2.24, 2.45) is 0 Å². The van der Waals surface area contributed by atoms with Crippen LogP contribution in [0.3, 0.4) is 0 Å². The SMILES string of the molecule is [2H]c1c([2H])c([2H])c(-c2cccc(-c3cc(C(C)(C)C)cc(C(C)(C)C)c3)c2-[n+]2[c-]n(-c3[c-]c(Oc4[c-]c5c(cc4)c4ccccc4n5-c4cc(C(C)(C)C)ccn4)cc(C(C)(C)C)c3)nc2-c2cccc(C(C)(C)C)c2)c([2H])c1[2H].[Pt]. The molecule has 3 aromatic heterocycles. The molecule has 0 bridgehead atoms. The molecule has 3 heterocycles. The summed E-state index contributed by atoms with van der Waals surface area (Å²) in [5, 5.41) is 7.55. The van der Waals surface area contributed by atoms with Crippen LogP contribution >= 0.6 is 0 Å². The van der Waals surface area contributed by atoms with Gasteiger partial charge in [0.1, 0.15) is 5.82 Å². The fourth-order valence-corrected chi connectivity index (χ4v) is 9.56. The molecule has 0 fully saturated rings. The first-order valence-corrected chi connectivity index (χ1v) is 26.0. The number of hydrogen-bond acceptors (Lipinski definition) is 3. The normalized spacial score (nSPS) is 13.5. The second-order valence-corrected chi connectivity index (χ2v) is 25.1. The van der Waals surface area contributed by atoms with Gasteiger partial charge in [0.2, 0.25) is 12.2 Å². The van der Waals surface area contributed by atoms with Crippen LogP contribution < -0.4 is 9.30 Å². The number of benzene rings is 7. The molecular formula is C69H71N5OPt-2. The zero-order chi connectivity index (χ0) is 57.8. The van der Waals surface area contributed by atoms with Crippen molar-refractivity contribution in [3.63, 3.8) is 0 Å². The number of fused-ring (bicyclic) bond motifs is 3. The monoisotopic (exact) mass is 1190 g/mol. The molecular weight excluding hydrogens is 1110 g/mol. The first-order chi connectivity index (χ1) is 37.4. The van der Waals surface area contributed by atoms with Crippen LogP contribution in [0.15, 0.2) is 158 Å². The quantitative estimate of drug-likeness (QED) is 0.113. The van der Waals surface area contributed by atoms with Gasteiger partial charge in [-0.2, -0.15) is 22.4 Å². The van der Waals surface area contributed by atoms with Crippen molar-refractivity contribution in [2.45, 2.75) is 131 Å². The molecule has 0 aliphatic heterocycles. The molecule has 0 atom stereocenters. The summed E-state index contributed by atoms with van der Waals surface area (Å²) < 4.78 is 57.9. The first-order valence-electron chi connectivity index (χ1n) is 28.5. The van der Waals surface area contributed by atoms with Gasteiger partial charge < -0.3 is 13.9 Å². The largest absolute Gasteiger partial charge is 0.510 e. The summed E-state index contributed by atoms with van der Waals surface area (Å²) in [6, 6.07) is 46.8. The van der Waals surface area contributed by atoms with E-state index in [-0.39, 0.29) is 65.8 Å². The van der Waals surface area contributed by atoms with Gasteiger partial charge in [0.15, 0.2) is 0 Å². The summed E-state index contributed by atoms with van der Waals surface area (Å²) in [5.41, 5.74) is 10.2. The fraction of sp³-hybridized carbons (Fsp3) is 0.290. The van der Waals surface area contributed by atoms with Crippen molar-refractivity contribution in [3.05, 3.63) is 204 Å². The summed E-state index contributed by atoms with van der Waals surface area (Å²) in [7, 11) is 0. The van der Waals surface area contributed by atoms with Gasteiger partial charge in [-0.25, -0.2) is 4.98 Å². The van der Waals surface area contributed by atoms with Crippen molar-refractivity contribution < 1.29 is 37.2 Å². The molecule has 10 rings (SSSR count). The van der Waals surface area contributed by atoms with Crippen LogP contribution in [0.4, 0.5) is 0 Å². The number of hydrogen-bond donors (Lipinski definition) is 0. The first kappa shape index (κ1) is 47.6. The van der Waals surface area contributed by atoms with Crippen molar-refractivity contribution in [1.82, 2.24) is 19.3 Å². The molecule has 390 valence electrons. The Morgan fingerprint density at radius 1 is 0.513 bits per heavy atom. The molecule has 0 amide bonds. The zero-order valence-corrected chi connectivity index (χ0v) is 48.9. The Morgan fingerprint density at radius 2 is 1.11 bits per heavy atom. The second kappa shape index (κ2) is 19.9. The van der Waals surface area contributed by atoms with Crippen LogP contribution in [-0.2, 0) is 48.1 Å². The van der Waals surface area contributed by atoms with E-state index < -0.39 is 18.1 Å². The van der Waals surface area contributed by atoms with E-state index in [0.29, 0.717) is 34.3 Å². The summed E-state index contributed by atoms with van der Waals surface area (Å²) >= 11 is 0. The molecule has 6 nitrogen and oxygen atoms in total. The third-order valence-corrected chi connectivity index (χ3v) is 14.1. The van der Waals surface area contributed by atoms with Crippen LogP contribution in [-0.4, -0.2) is 19.3 Å². The Kier molecular flexibility index (Phi) is 12.5. The summed E-state index contributed by atoms with van der Waals surface area (Å²) in [5.74, 6) is 2.23. The predicted octanol–water partition coefficient (Wildman–Crippen LogP) is 17.3.